The summed E-state index contributed by atoms with van der Waals surface area (Å²) < 4.78 is 2.21. The number of fused-ring (bicyclic) bond motifs is 1. The first-order valence-corrected chi connectivity index (χ1v) is 9.49. The highest BCUT2D eigenvalue weighted by atomic mass is 16.2. The van der Waals surface area contributed by atoms with Crippen molar-refractivity contribution in [3.05, 3.63) is 48.2 Å². The average molecular weight is 349 g/mol. The maximum Gasteiger partial charge on any atom is 0.253 e. The summed E-state index contributed by atoms with van der Waals surface area (Å²) >= 11 is 0. The predicted octanol–water partition coefficient (Wildman–Crippen LogP) is 2.87. The molecule has 3 aromatic rings. The first-order valence-electron chi connectivity index (χ1n) is 9.49. The number of H-pyrrole nitrogens is 1. The number of carbonyl (C=O) groups is 1. The number of benzene rings is 1. The van der Waals surface area contributed by atoms with E-state index in [9.17, 15) is 4.79 Å². The summed E-state index contributed by atoms with van der Waals surface area (Å²) in [5, 5.41) is 9.56. The third-order valence-corrected chi connectivity index (χ3v) is 5.69. The number of rotatable bonds is 5. The molecule has 6 heteroatoms. The van der Waals surface area contributed by atoms with Gasteiger partial charge in [-0.05, 0) is 54.7 Å². The quantitative estimate of drug-likeness (QED) is 0.770. The average Bonchev–Trinajstić information content (AvgIpc) is 3.05. The van der Waals surface area contributed by atoms with Crippen LogP contribution in [0.2, 0.25) is 0 Å². The Hall–Kier alpha value is -2.63. The maximum atomic E-state index is 12.9. The number of carbonyl (C=O) groups excluding carboxylic acids is 1. The summed E-state index contributed by atoms with van der Waals surface area (Å²) in [5.41, 5.74) is 1.78. The number of aromatic nitrogens is 4. The molecule has 1 amide bonds. The molecule has 2 aromatic heterocycles. The molecule has 1 aliphatic carbocycles. The molecule has 5 rings (SSSR count). The van der Waals surface area contributed by atoms with Crippen molar-refractivity contribution >= 4 is 16.8 Å². The van der Waals surface area contributed by atoms with Crippen LogP contribution in [-0.2, 0) is 13.0 Å². The number of hydrogen-bond acceptors (Lipinski definition) is 3. The van der Waals surface area contributed by atoms with Crippen LogP contribution in [0.25, 0.3) is 10.9 Å². The van der Waals surface area contributed by atoms with Gasteiger partial charge in [0.25, 0.3) is 5.91 Å². The zero-order valence-corrected chi connectivity index (χ0v) is 14.8. The van der Waals surface area contributed by atoms with Gasteiger partial charge in [-0.2, -0.15) is 0 Å². The van der Waals surface area contributed by atoms with Gasteiger partial charge in [-0.15, -0.1) is 10.2 Å². The van der Waals surface area contributed by atoms with Crippen molar-refractivity contribution in [3.63, 3.8) is 0 Å². The normalized spacial score (nSPS) is 20.2. The molecule has 1 aliphatic heterocycles. The monoisotopic (exact) mass is 349 g/mol. The molecule has 2 aliphatic rings. The molecule has 6 nitrogen and oxygen atoms in total. The lowest BCUT2D eigenvalue weighted by molar-refractivity contribution is 0.0787. The number of nitrogens with one attached hydrogen (secondary N) is 1. The predicted molar refractivity (Wildman–Crippen MR) is 98.8 cm³/mol. The zero-order chi connectivity index (χ0) is 17.5. The fourth-order valence-electron chi connectivity index (χ4n) is 3.97. The van der Waals surface area contributed by atoms with Crippen LogP contribution in [0.1, 0.15) is 35.4 Å². The van der Waals surface area contributed by atoms with Crippen LogP contribution in [0.5, 0.6) is 0 Å². The molecule has 3 heterocycles. The second-order valence-corrected chi connectivity index (χ2v) is 7.73. The third kappa shape index (κ3) is 3.00. The van der Waals surface area contributed by atoms with Gasteiger partial charge in [0.2, 0.25) is 0 Å². The lowest BCUT2D eigenvalue weighted by atomic mass is 10.0. The third-order valence-electron chi connectivity index (χ3n) is 5.69. The van der Waals surface area contributed by atoms with Gasteiger partial charge in [-0.3, -0.25) is 4.79 Å². The van der Waals surface area contributed by atoms with Crippen molar-refractivity contribution < 1.29 is 4.79 Å². The molecule has 1 saturated heterocycles. The molecule has 1 unspecified atom stereocenters. The van der Waals surface area contributed by atoms with Crippen molar-refractivity contribution in [2.45, 2.75) is 32.2 Å². The van der Waals surface area contributed by atoms with Gasteiger partial charge < -0.3 is 14.5 Å². The van der Waals surface area contributed by atoms with Crippen LogP contribution in [0.4, 0.5) is 0 Å². The Morgan fingerprint density at radius 1 is 1.19 bits per heavy atom. The Kier molecular flexibility index (Phi) is 3.76. The first kappa shape index (κ1) is 15.6. The van der Waals surface area contributed by atoms with Crippen LogP contribution >= 0.6 is 0 Å². The number of aromatic amines is 1. The molecule has 0 radical (unpaired) electrons. The van der Waals surface area contributed by atoms with Gasteiger partial charge >= 0.3 is 0 Å². The van der Waals surface area contributed by atoms with E-state index in [4.69, 9.17) is 0 Å². The standard InChI is InChI=1S/C20H23N5O/c26-20(17-4-3-16-5-7-21-18(16)10-17)24-8-6-15(12-24)9-19-23-22-13-25(19)11-14-1-2-14/h3-5,7,10,13-15,21H,1-2,6,8-9,11-12H2. The largest absolute Gasteiger partial charge is 0.361 e. The van der Waals surface area contributed by atoms with E-state index in [-0.39, 0.29) is 5.91 Å². The first-order chi connectivity index (χ1) is 12.8. The van der Waals surface area contributed by atoms with Crippen molar-refractivity contribution in [1.29, 1.82) is 0 Å². The molecule has 0 spiro atoms. The summed E-state index contributed by atoms with van der Waals surface area (Å²) in [6.07, 6.45) is 8.36. The molecule has 2 fully saturated rings. The minimum Gasteiger partial charge on any atom is -0.361 e. The highest BCUT2D eigenvalue weighted by molar-refractivity contribution is 5.98. The Morgan fingerprint density at radius 2 is 2.12 bits per heavy atom. The number of hydrogen-bond donors (Lipinski definition) is 1. The van der Waals surface area contributed by atoms with Crippen LogP contribution in [0, 0.1) is 11.8 Å². The number of nitrogens with zero attached hydrogens (tertiary/aromatic N) is 4. The Bertz CT molecular complexity index is 938. The van der Waals surface area contributed by atoms with Gasteiger partial charge in [0.05, 0.1) is 0 Å². The summed E-state index contributed by atoms with van der Waals surface area (Å²) in [4.78, 5) is 18.0. The molecule has 134 valence electrons. The Labute approximate surface area is 152 Å². The van der Waals surface area contributed by atoms with Gasteiger partial charge in [0.1, 0.15) is 12.2 Å². The molecule has 1 saturated carbocycles. The van der Waals surface area contributed by atoms with Gasteiger partial charge in [-0.25, -0.2) is 0 Å². The summed E-state index contributed by atoms with van der Waals surface area (Å²) in [6, 6.07) is 7.91. The highest BCUT2D eigenvalue weighted by Crippen LogP contribution is 2.31. The number of amides is 1. The van der Waals surface area contributed by atoms with Crippen LogP contribution in [0.3, 0.4) is 0 Å². The minimum atomic E-state index is 0.128. The van der Waals surface area contributed by atoms with Crippen LogP contribution < -0.4 is 0 Å². The summed E-state index contributed by atoms with van der Waals surface area (Å²) in [5.74, 6) is 2.48. The fraction of sp³-hybridized carbons (Fsp3) is 0.450. The molecule has 0 bridgehead atoms. The highest BCUT2D eigenvalue weighted by Gasteiger charge is 2.29. The van der Waals surface area contributed by atoms with Crippen LogP contribution in [0.15, 0.2) is 36.8 Å². The van der Waals surface area contributed by atoms with Crippen LogP contribution in [-0.4, -0.2) is 43.6 Å². The van der Waals surface area contributed by atoms with Crippen molar-refractivity contribution in [2.24, 2.45) is 11.8 Å². The molecular formula is C20H23N5O. The van der Waals surface area contributed by atoms with Crippen molar-refractivity contribution in [2.75, 3.05) is 13.1 Å². The zero-order valence-electron chi connectivity index (χ0n) is 14.8. The molecule has 1 aromatic carbocycles. The lowest BCUT2D eigenvalue weighted by Crippen LogP contribution is -2.29. The Balaban J connectivity index is 1.25. The topological polar surface area (TPSA) is 66.8 Å². The van der Waals surface area contributed by atoms with E-state index in [1.54, 1.807) is 0 Å². The van der Waals surface area contributed by atoms with E-state index in [1.165, 1.54) is 12.8 Å². The molecule has 1 N–H and O–H groups in total. The van der Waals surface area contributed by atoms with Gasteiger partial charge in [-0.1, -0.05) is 6.07 Å². The summed E-state index contributed by atoms with van der Waals surface area (Å²) in [7, 11) is 0. The maximum absolute atomic E-state index is 12.9. The second-order valence-electron chi connectivity index (χ2n) is 7.73. The van der Waals surface area contributed by atoms with E-state index in [2.05, 4.69) is 19.7 Å². The Morgan fingerprint density at radius 3 is 3.00 bits per heavy atom. The van der Waals surface area contributed by atoms with E-state index in [1.807, 2.05) is 41.7 Å². The van der Waals surface area contributed by atoms with Gasteiger partial charge in [0.15, 0.2) is 0 Å². The van der Waals surface area contributed by atoms with E-state index in [0.717, 1.165) is 60.7 Å². The van der Waals surface area contributed by atoms with E-state index < -0.39 is 0 Å². The number of likely N-dealkylation sites (tertiary alicyclic amines) is 1. The SMILES string of the molecule is O=C(c1ccc2cc[nH]c2c1)N1CCC(Cc2nncn2CC2CC2)C1. The van der Waals surface area contributed by atoms with Gasteiger partial charge in [0, 0.05) is 43.3 Å². The molecule has 1 atom stereocenters. The smallest absolute Gasteiger partial charge is 0.253 e. The fourth-order valence-corrected chi connectivity index (χ4v) is 3.97. The summed E-state index contributed by atoms with van der Waals surface area (Å²) in [6.45, 7) is 2.68. The lowest BCUT2D eigenvalue weighted by Gasteiger charge is -2.17. The van der Waals surface area contributed by atoms with E-state index in [0.29, 0.717) is 5.92 Å². The molecular weight excluding hydrogens is 326 g/mol. The van der Waals surface area contributed by atoms with Crippen molar-refractivity contribution in [1.82, 2.24) is 24.6 Å². The van der Waals surface area contributed by atoms with Crippen molar-refractivity contribution in [3.8, 4) is 0 Å². The van der Waals surface area contributed by atoms with E-state index >= 15 is 0 Å². The molecule has 26 heavy (non-hydrogen) atoms. The minimum absolute atomic E-state index is 0.128. The second kappa shape index (κ2) is 6.27.